The van der Waals surface area contributed by atoms with Crippen molar-refractivity contribution in [2.45, 2.75) is 32.2 Å². The number of halogens is 3. The number of carbonyl (C=O) groups is 2. The summed E-state index contributed by atoms with van der Waals surface area (Å²) >= 11 is 0. The average Bonchev–Trinajstić information content (AvgIpc) is 3.22. The van der Waals surface area contributed by atoms with Gasteiger partial charge >= 0.3 is 6.18 Å². The molecule has 0 unspecified atom stereocenters. The lowest BCUT2D eigenvalue weighted by atomic mass is 10.0. The number of hydrogen-bond donors (Lipinski definition) is 0. The molecular formula is C19H17F3N4O2. The zero-order chi connectivity index (χ0) is 20.1. The second-order valence-electron chi connectivity index (χ2n) is 6.75. The number of amides is 2. The summed E-state index contributed by atoms with van der Waals surface area (Å²) in [5, 5.41) is 4.27. The minimum absolute atomic E-state index is 0.00974. The maximum atomic E-state index is 13.3. The van der Waals surface area contributed by atoms with Crippen molar-refractivity contribution in [1.29, 1.82) is 0 Å². The van der Waals surface area contributed by atoms with Gasteiger partial charge in [-0.3, -0.25) is 9.59 Å². The third-order valence-electron chi connectivity index (χ3n) is 5.11. The summed E-state index contributed by atoms with van der Waals surface area (Å²) in [6, 6.07) is 3.65. The Bertz CT molecular complexity index is 980. The molecular weight excluding hydrogens is 373 g/mol. The first-order valence-corrected chi connectivity index (χ1v) is 8.78. The fourth-order valence-corrected chi connectivity index (χ4v) is 3.80. The molecule has 2 aliphatic heterocycles. The van der Waals surface area contributed by atoms with Gasteiger partial charge in [0.2, 0.25) is 5.91 Å². The van der Waals surface area contributed by atoms with Crippen LogP contribution in [-0.4, -0.2) is 33.0 Å². The van der Waals surface area contributed by atoms with E-state index in [0.29, 0.717) is 18.7 Å². The van der Waals surface area contributed by atoms with Crippen molar-refractivity contribution in [3.8, 4) is 0 Å². The average molecular weight is 390 g/mol. The molecule has 0 N–H and O–H groups in total. The second kappa shape index (κ2) is 6.50. The lowest BCUT2D eigenvalue weighted by Crippen LogP contribution is -2.35. The molecule has 0 saturated carbocycles. The van der Waals surface area contributed by atoms with E-state index in [9.17, 15) is 22.8 Å². The summed E-state index contributed by atoms with van der Waals surface area (Å²) in [4.78, 5) is 27.5. The van der Waals surface area contributed by atoms with Gasteiger partial charge in [0.05, 0.1) is 23.1 Å². The summed E-state index contributed by atoms with van der Waals surface area (Å²) < 4.78 is 41.4. The molecule has 2 aromatic rings. The Hall–Kier alpha value is -3.10. The maximum absolute atomic E-state index is 13.3. The number of anilines is 1. The number of fused-ring (bicyclic) bond motifs is 2. The highest BCUT2D eigenvalue weighted by atomic mass is 19.4. The van der Waals surface area contributed by atoms with E-state index in [0.717, 1.165) is 18.2 Å². The Balaban J connectivity index is 1.62. The minimum atomic E-state index is -4.52. The van der Waals surface area contributed by atoms with E-state index in [1.165, 1.54) is 23.1 Å². The normalized spacial score (nSPS) is 16.2. The molecule has 2 amide bonds. The first-order chi connectivity index (χ1) is 13.3. The SMILES string of the molecule is C=CC(=O)N1CCCc2c1cnn2CN1Cc2c(cccc2C(F)(F)F)C1=O. The van der Waals surface area contributed by atoms with Gasteiger partial charge in [-0.1, -0.05) is 12.6 Å². The van der Waals surface area contributed by atoms with Crippen LogP contribution in [0.3, 0.4) is 0 Å². The molecule has 1 aromatic carbocycles. The number of carbonyl (C=O) groups excluding carboxylic acids is 2. The van der Waals surface area contributed by atoms with Crippen LogP contribution in [0.25, 0.3) is 0 Å². The predicted molar refractivity (Wildman–Crippen MR) is 94.4 cm³/mol. The zero-order valence-electron chi connectivity index (χ0n) is 14.9. The van der Waals surface area contributed by atoms with Gasteiger partial charge in [0.15, 0.2) is 0 Å². The van der Waals surface area contributed by atoms with Gasteiger partial charge in [-0.25, -0.2) is 4.68 Å². The number of alkyl halides is 3. The number of hydrogen-bond acceptors (Lipinski definition) is 3. The largest absolute Gasteiger partial charge is 0.416 e. The molecule has 0 atom stereocenters. The summed E-state index contributed by atoms with van der Waals surface area (Å²) in [5.74, 6) is -0.694. The third-order valence-corrected chi connectivity index (χ3v) is 5.11. The van der Waals surface area contributed by atoms with Crippen molar-refractivity contribution in [1.82, 2.24) is 14.7 Å². The highest BCUT2D eigenvalue weighted by Gasteiger charge is 2.39. The van der Waals surface area contributed by atoms with Gasteiger partial charge in [0.25, 0.3) is 5.91 Å². The minimum Gasteiger partial charge on any atom is -0.315 e. The predicted octanol–water partition coefficient (Wildman–Crippen LogP) is 2.98. The third kappa shape index (κ3) is 2.87. The molecule has 6 nitrogen and oxygen atoms in total. The Morgan fingerprint density at radius 3 is 2.82 bits per heavy atom. The fourth-order valence-electron chi connectivity index (χ4n) is 3.80. The van der Waals surface area contributed by atoms with E-state index >= 15 is 0 Å². The monoisotopic (exact) mass is 390 g/mol. The van der Waals surface area contributed by atoms with Gasteiger partial charge in [0, 0.05) is 18.7 Å². The highest BCUT2D eigenvalue weighted by molar-refractivity contribution is 6.01. The van der Waals surface area contributed by atoms with Crippen LogP contribution in [0.5, 0.6) is 0 Å². The van der Waals surface area contributed by atoms with Crippen molar-refractivity contribution in [3.05, 3.63) is 59.4 Å². The molecule has 146 valence electrons. The van der Waals surface area contributed by atoms with Crippen LogP contribution in [0.1, 0.15) is 33.6 Å². The molecule has 9 heteroatoms. The van der Waals surface area contributed by atoms with E-state index in [1.807, 2.05) is 0 Å². The Morgan fingerprint density at radius 2 is 2.11 bits per heavy atom. The van der Waals surface area contributed by atoms with E-state index in [2.05, 4.69) is 11.7 Å². The topological polar surface area (TPSA) is 58.4 Å². The molecule has 28 heavy (non-hydrogen) atoms. The Morgan fingerprint density at radius 1 is 1.32 bits per heavy atom. The molecule has 0 aliphatic carbocycles. The Labute approximate surface area is 158 Å². The van der Waals surface area contributed by atoms with Crippen LogP contribution in [0.2, 0.25) is 0 Å². The standard InChI is InChI=1S/C19H17F3N4O2/c1-2-17(27)25-8-4-7-15-16(25)9-23-26(15)11-24-10-13-12(18(24)28)5-3-6-14(13)19(20,21)22/h2-3,5-6,9H,1,4,7-8,10-11H2. The molecule has 4 rings (SSSR count). The summed E-state index contributed by atoms with van der Waals surface area (Å²) in [7, 11) is 0. The summed E-state index contributed by atoms with van der Waals surface area (Å²) in [5.41, 5.74) is 0.701. The van der Waals surface area contributed by atoms with E-state index < -0.39 is 17.6 Å². The van der Waals surface area contributed by atoms with E-state index in [1.54, 1.807) is 15.8 Å². The van der Waals surface area contributed by atoms with Crippen molar-refractivity contribution in [3.63, 3.8) is 0 Å². The van der Waals surface area contributed by atoms with Gasteiger partial charge in [0.1, 0.15) is 6.67 Å². The van der Waals surface area contributed by atoms with Crippen LogP contribution in [0, 0.1) is 0 Å². The summed E-state index contributed by atoms with van der Waals surface area (Å²) in [6.07, 6.45) is -0.349. The zero-order valence-corrected chi connectivity index (χ0v) is 14.9. The molecule has 1 aromatic heterocycles. The lowest BCUT2D eigenvalue weighted by molar-refractivity contribution is -0.138. The molecule has 0 fully saturated rings. The maximum Gasteiger partial charge on any atom is 0.416 e. The van der Waals surface area contributed by atoms with Gasteiger partial charge < -0.3 is 9.80 Å². The smallest absolute Gasteiger partial charge is 0.315 e. The van der Waals surface area contributed by atoms with E-state index in [4.69, 9.17) is 0 Å². The van der Waals surface area contributed by atoms with Crippen LogP contribution >= 0.6 is 0 Å². The highest BCUT2D eigenvalue weighted by Crippen LogP contribution is 2.37. The van der Waals surface area contributed by atoms with Crippen LogP contribution in [-0.2, 0) is 30.6 Å². The molecule has 0 radical (unpaired) electrons. The number of benzene rings is 1. The Kier molecular flexibility index (Phi) is 4.24. The molecule has 0 spiro atoms. The number of nitrogens with zero attached hydrogens (tertiary/aromatic N) is 4. The molecule has 0 saturated heterocycles. The van der Waals surface area contributed by atoms with Crippen molar-refractivity contribution in [2.24, 2.45) is 0 Å². The van der Waals surface area contributed by atoms with Gasteiger partial charge in [-0.05, 0) is 36.6 Å². The fraction of sp³-hybridized carbons (Fsp3) is 0.316. The summed E-state index contributed by atoms with van der Waals surface area (Å²) in [6.45, 7) is 3.94. The number of rotatable bonds is 3. The molecule has 0 bridgehead atoms. The lowest BCUT2D eigenvalue weighted by Gasteiger charge is -2.27. The van der Waals surface area contributed by atoms with Crippen molar-refractivity contribution in [2.75, 3.05) is 11.4 Å². The molecule has 2 aliphatic rings. The van der Waals surface area contributed by atoms with Crippen molar-refractivity contribution < 1.29 is 22.8 Å². The van der Waals surface area contributed by atoms with Crippen LogP contribution in [0.15, 0.2) is 37.1 Å². The van der Waals surface area contributed by atoms with Gasteiger partial charge in [-0.2, -0.15) is 18.3 Å². The molecule has 3 heterocycles. The number of aromatic nitrogens is 2. The van der Waals surface area contributed by atoms with Crippen LogP contribution in [0.4, 0.5) is 18.9 Å². The first kappa shape index (κ1) is 18.3. The second-order valence-corrected chi connectivity index (χ2v) is 6.75. The quantitative estimate of drug-likeness (QED) is 0.758. The first-order valence-electron chi connectivity index (χ1n) is 8.78. The van der Waals surface area contributed by atoms with E-state index in [-0.39, 0.29) is 30.2 Å². The van der Waals surface area contributed by atoms with Gasteiger partial charge in [-0.15, -0.1) is 0 Å². The van der Waals surface area contributed by atoms with Crippen LogP contribution < -0.4 is 4.90 Å². The van der Waals surface area contributed by atoms with Crippen molar-refractivity contribution >= 4 is 17.5 Å².